The van der Waals surface area contributed by atoms with E-state index in [1.54, 1.807) is 0 Å². The van der Waals surface area contributed by atoms with Gasteiger partial charge in [-0.3, -0.25) is 4.79 Å². The molecule has 1 fully saturated rings. The van der Waals surface area contributed by atoms with Gasteiger partial charge in [-0.2, -0.15) is 0 Å². The van der Waals surface area contributed by atoms with Gasteiger partial charge in [-0.15, -0.1) is 0 Å². The van der Waals surface area contributed by atoms with Crippen molar-refractivity contribution in [1.82, 2.24) is 4.90 Å². The van der Waals surface area contributed by atoms with Gasteiger partial charge in [0.05, 0.1) is 0 Å². The van der Waals surface area contributed by atoms with Crippen LogP contribution in [0.2, 0.25) is 5.04 Å². The lowest BCUT2D eigenvalue weighted by Gasteiger charge is -2.44. The molecule has 5 rings (SSSR count). The number of Topliss-reactive ketones (excluding diaryl/α,β-unsaturated/α-hetero) is 1. The SMILES string of the molecule is CC(C)(C)[Si](OCC[C@@H]1CCC2CCC3=C(CCCC3=O)N21)(c1ccccc1)c1ccccc1. The fourth-order valence-electron chi connectivity index (χ4n) is 6.84. The quantitative estimate of drug-likeness (QED) is 0.513. The summed E-state index contributed by atoms with van der Waals surface area (Å²) in [5.74, 6) is 0.411. The second kappa shape index (κ2) is 9.47. The van der Waals surface area contributed by atoms with Gasteiger partial charge in [0.2, 0.25) is 0 Å². The minimum Gasteiger partial charge on any atom is -0.407 e. The van der Waals surface area contributed by atoms with Crippen molar-refractivity contribution in [3.8, 4) is 0 Å². The highest BCUT2D eigenvalue weighted by molar-refractivity contribution is 6.99. The topological polar surface area (TPSA) is 29.5 Å². The number of carbonyl (C=O) groups excluding carboxylic acids is 1. The van der Waals surface area contributed by atoms with Gasteiger partial charge in [-0.05, 0) is 60.4 Å². The van der Waals surface area contributed by atoms with Crippen molar-refractivity contribution in [2.24, 2.45) is 0 Å². The van der Waals surface area contributed by atoms with Gasteiger partial charge in [0.15, 0.2) is 5.78 Å². The molecule has 0 N–H and O–H groups in total. The number of ketones is 1. The van der Waals surface area contributed by atoms with Crippen LogP contribution in [-0.4, -0.2) is 37.7 Å². The molecule has 2 aromatic carbocycles. The molecule has 0 amide bonds. The van der Waals surface area contributed by atoms with Crippen molar-refractivity contribution in [2.75, 3.05) is 6.61 Å². The van der Waals surface area contributed by atoms with E-state index in [1.165, 1.54) is 28.9 Å². The van der Waals surface area contributed by atoms with Crippen LogP contribution in [-0.2, 0) is 9.22 Å². The van der Waals surface area contributed by atoms with Crippen molar-refractivity contribution in [1.29, 1.82) is 0 Å². The van der Waals surface area contributed by atoms with E-state index < -0.39 is 8.32 Å². The second-order valence-electron chi connectivity index (χ2n) is 11.3. The smallest absolute Gasteiger partial charge is 0.261 e. The molecule has 180 valence electrons. The molecule has 0 saturated carbocycles. The van der Waals surface area contributed by atoms with Crippen molar-refractivity contribution in [3.63, 3.8) is 0 Å². The summed E-state index contributed by atoms with van der Waals surface area (Å²) in [4.78, 5) is 15.3. The molecule has 1 saturated heterocycles. The highest BCUT2D eigenvalue weighted by Gasteiger charge is 2.50. The van der Waals surface area contributed by atoms with Crippen LogP contribution in [0.15, 0.2) is 71.9 Å². The zero-order valence-electron chi connectivity index (χ0n) is 21.1. The predicted molar refractivity (Wildman–Crippen MR) is 142 cm³/mol. The molecule has 2 atom stereocenters. The molecule has 1 aliphatic carbocycles. The number of hydrogen-bond acceptors (Lipinski definition) is 3. The Hall–Kier alpha value is -2.17. The molecule has 3 nitrogen and oxygen atoms in total. The fourth-order valence-corrected chi connectivity index (χ4v) is 11.4. The first-order valence-corrected chi connectivity index (χ1v) is 15.1. The summed E-state index contributed by atoms with van der Waals surface area (Å²) in [7, 11) is -2.49. The van der Waals surface area contributed by atoms with E-state index in [4.69, 9.17) is 4.43 Å². The van der Waals surface area contributed by atoms with Gasteiger partial charge in [0.25, 0.3) is 8.32 Å². The summed E-state index contributed by atoms with van der Waals surface area (Å²) in [5.41, 5.74) is 2.54. The van der Waals surface area contributed by atoms with E-state index in [1.807, 2.05) is 0 Å². The van der Waals surface area contributed by atoms with Gasteiger partial charge in [0.1, 0.15) is 0 Å². The fraction of sp³-hybridized carbons (Fsp3) is 0.500. The summed E-state index contributed by atoms with van der Waals surface area (Å²) in [5, 5.41) is 2.70. The third kappa shape index (κ3) is 4.09. The molecule has 1 unspecified atom stereocenters. The maximum Gasteiger partial charge on any atom is 0.261 e. The molecular formula is C30H39NO2Si. The number of rotatable bonds is 6. The Balaban J connectivity index is 1.42. The molecular weight excluding hydrogens is 434 g/mol. The zero-order chi connectivity index (χ0) is 23.8. The van der Waals surface area contributed by atoms with Crippen molar-refractivity contribution in [3.05, 3.63) is 71.9 Å². The second-order valence-corrected chi connectivity index (χ2v) is 15.6. The predicted octanol–water partition coefficient (Wildman–Crippen LogP) is 5.59. The number of nitrogens with zero attached hydrogens (tertiary/aromatic N) is 1. The normalized spacial score (nSPS) is 23.1. The standard InChI is InChI=1S/C30H39NO2Si/c1-30(2,3)34(25-11-6-4-7-12-25,26-13-8-5-9-14-26)33-22-21-24-18-17-23-19-20-27-28(31(23)24)15-10-16-29(27)32/h4-9,11-14,23-24H,10,15-22H2,1-3H3/t23?,24-/m0/s1. The highest BCUT2D eigenvalue weighted by Crippen LogP contribution is 2.43. The molecule has 2 aromatic rings. The van der Waals surface area contributed by atoms with Gasteiger partial charge >= 0.3 is 0 Å². The summed E-state index contributed by atoms with van der Waals surface area (Å²) in [6.07, 6.45) is 8.52. The largest absolute Gasteiger partial charge is 0.407 e. The minimum absolute atomic E-state index is 0.00449. The first-order valence-electron chi connectivity index (χ1n) is 13.2. The van der Waals surface area contributed by atoms with E-state index in [9.17, 15) is 4.79 Å². The van der Waals surface area contributed by atoms with E-state index in [2.05, 4.69) is 86.3 Å². The first kappa shape index (κ1) is 23.6. The Bertz CT molecular complexity index is 1000. The van der Waals surface area contributed by atoms with E-state index in [0.29, 0.717) is 17.9 Å². The average Bonchev–Trinajstić information content (AvgIpc) is 3.26. The molecule has 2 aliphatic heterocycles. The van der Waals surface area contributed by atoms with Crippen molar-refractivity contribution >= 4 is 24.5 Å². The number of carbonyl (C=O) groups is 1. The molecule has 0 radical (unpaired) electrons. The molecule has 4 heteroatoms. The summed E-state index contributed by atoms with van der Waals surface area (Å²) in [6, 6.07) is 23.0. The Kier molecular flexibility index (Phi) is 6.56. The third-order valence-electron chi connectivity index (χ3n) is 8.35. The van der Waals surface area contributed by atoms with Crippen LogP contribution in [0.5, 0.6) is 0 Å². The molecule has 0 bridgehead atoms. The van der Waals surface area contributed by atoms with Crippen LogP contribution in [0.4, 0.5) is 0 Å². The van der Waals surface area contributed by atoms with Crippen LogP contribution in [0.25, 0.3) is 0 Å². The van der Waals surface area contributed by atoms with Crippen LogP contribution in [0.3, 0.4) is 0 Å². The number of allylic oxidation sites excluding steroid dienone is 2. The lowest BCUT2D eigenvalue weighted by atomic mass is 9.86. The minimum atomic E-state index is -2.49. The Morgan fingerprint density at radius 1 is 0.882 bits per heavy atom. The first-order chi connectivity index (χ1) is 16.4. The summed E-state index contributed by atoms with van der Waals surface area (Å²) < 4.78 is 7.19. The molecule has 0 spiro atoms. The molecule has 3 aliphatic rings. The van der Waals surface area contributed by atoms with E-state index in [-0.39, 0.29) is 5.04 Å². The maximum atomic E-state index is 12.6. The Morgan fingerprint density at radius 3 is 2.15 bits per heavy atom. The van der Waals surface area contributed by atoms with Gasteiger partial charge < -0.3 is 9.33 Å². The lowest BCUT2D eigenvalue weighted by Crippen LogP contribution is -2.66. The number of hydrogen-bond donors (Lipinski definition) is 0. The number of benzene rings is 2. The Morgan fingerprint density at radius 2 is 1.53 bits per heavy atom. The average molecular weight is 474 g/mol. The Labute approximate surface area is 206 Å². The summed E-state index contributed by atoms with van der Waals surface area (Å²) in [6.45, 7) is 7.80. The van der Waals surface area contributed by atoms with Crippen molar-refractivity contribution in [2.45, 2.75) is 89.3 Å². The number of fused-ring (bicyclic) bond motifs is 2. The maximum absolute atomic E-state index is 12.6. The van der Waals surface area contributed by atoms with Gasteiger partial charge in [-0.1, -0.05) is 81.4 Å². The summed E-state index contributed by atoms with van der Waals surface area (Å²) >= 11 is 0. The van der Waals surface area contributed by atoms with Crippen molar-refractivity contribution < 1.29 is 9.22 Å². The zero-order valence-corrected chi connectivity index (χ0v) is 22.1. The molecule has 0 aromatic heterocycles. The van der Waals surface area contributed by atoms with Crippen LogP contribution in [0.1, 0.15) is 72.1 Å². The van der Waals surface area contributed by atoms with E-state index in [0.717, 1.165) is 50.7 Å². The molecule has 34 heavy (non-hydrogen) atoms. The van der Waals surface area contributed by atoms with Gasteiger partial charge in [0, 0.05) is 36.4 Å². The highest BCUT2D eigenvalue weighted by atomic mass is 28.4. The lowest BCUT2D eigenvalue weighted by molar-refractivity contribution is -0.116. The van der Waals surface area contributed by atoms with Crippen LogP contribution in [0, 0.1) is 0 Å². The van der Waals surface area contributed by atoms with Crippen LogP contribution >= 0.6 is 0 Å². The monoisotopic (exact) mass is 473 g/mol. The van der Waals surface area contributed by atoms with Gasteiger partial charge in [-0.25, -0.2) is 0 Å². The third-order valence-corrected chi connectivity index (χ3v) is 13.4. The molecule has 2 heterocycles. The van der Waals surface area contributed by atoms with Crippen LogP contribution < -0.4 is 10.4 Å². The van der Waals surface area contributed by atoms with E-state index >= 15 is 0 Å².